The van der Waals surface area contributed by atoms with Crippen LogP contribution in [0, 0.1) is 12.8 Å². The van der Waals surface area contributed by atoms with Crippen LogP contribution in [0.2, 0.25) is 0 Å². The Hall–Kier alpha value is -1.83. The predicted molar refractivity (Wildman–Crippen MR) is 77.7 cm³/mol. The second-order valence-electron chi connectivity index (χ2n) is 5.83. The predicted octanol–water partition coefficient (Wildman–Crippen LogP) is 1.99. The Bertz CT molecular complexity index is 563. The molecule has 0 radical (unpaired) electrons. The van der Waals surface area contributed by atoms with Gasteiger partial charge in [0, 0.05) is 18.8 Å². The van der Waals surface area contributed by atoms with Gasteiger partial charge in [-0.1, -0.05) is 0 Å². The Morgan fingerprint density at radius 2 is 2.22 bits per heavy atom. The van der Waals surface area contributed by atoms with Crippen molar-refractivity contribution in [3.63, 3.8) is 0 Å². The maximum Gasteiger partial charge on any atom is 0.405 e. The van der Waals surface area contributed by atoms with Crippen LogP contribution in [-0.2, 0) is 11.3 Å². The number of alkyl halides is 3. The molecule has 1 aromatic heterocycles. The van der Waals surface area contributed by atoms with Crippen LogP contribution in [0.4, 0.5) is 13.2 Å². The van der Waals surface area contributed by atoms with Crippen molar-refractivity contribution in [1.29, 1.82) is 0 Å². The number of hydrogen-bond donors (Lipinski definition) is 2. The van der Waals surface area contributed by atoms with Gasteiger partial charge in [0.25, 0.3) is 0 Å². The quantitative estimate of drug-likeness (QED) is 0.885. The molecular weight excluding hydrogens is 311 g/mol. The average molecular weight is 331 g/mol. The molecule has 8 heteroatoms. The molecule has 2 rings (SSSR count). The monoisotopic (exact) mass is 331 g/mol. The van der Waals surface area contributed by atoms with E-state index in [4.69, 9.17) is 0 Å². The van der Waals surface area contributed by atoms with E-state index >= 15 is 0 Å². The summed E-state index contributed by atoms with van der Waals surface area (Å²) in [6.45, 7) is 1.96. The van der Waals surface area contributed by atoms with Gasteiger partial charge < -0.3 is 10.4 Å². The lowest BCUT2D eigenvalue weighted by Gasteiger charge is -2.31. The molecule has 1 fully saturated rings. The molecule has 1 aliphatic rings. The number of pyridine rings is 1. The lowest BCUT2D eigenvalue weighted by molar-refractivity contribution is -0.141. The van der Waals surface area contributed by atoms with E-state index in [2.05, 4.69) is 4.98 Å². The first kappa shape index (κ1) is 17.5. The Kier molecular flexibility index (Phi) is 5.46. The maximum atomic E-state index is 12.2. The number of hydrogen-bond acceptors (Lipinski definition) is 4. The van der Waals surface area contributed by atoms with Gasteiger partial charge in [0.15, 0.2) is 0 Å². The summed E-state index contributed by atoms with van der Waals surface area (Å²) in [5.41, 5.74) is 1.29. The summed E-state index contributed by atoms with van der Waals surface area (Å²) in [6.07, 6.45) is -3.12. The Morgan fingerprint density at radius 3 is 2.91 bits per heavy atom. The number of rotatable bonds is 4. The van der Waals surface area contributed by atoms with Crippen LogP contribution in [0.3, 0.4) is 0 Å². The van der Waals surface area contributed by atoms with Crippen LogP contribution in [0.15, 0.2) is 12.1 Å². The topological polar surface area (TPSA) is 65.5 Å². The molecule has 2 heterocycles. The summed E-state index contributed by atoms with van der Waals surface area (Å²) in [4.78, 5) is 18.1. The number of likely N-dealkylation sites (tertiary alicyclic amines) is 1. The zero-order valence-corrected chi connectivity index (χ0v) is 12.9. The summed E-state index contributed by atoms with van der Waals surface area (Å²) in [6, 6.07) is 3.26. The summed E-state index contributed by atoms with van der Waals surface area (Å²) in [5, 5.41) is 11.8. The molecule has 1 atom stereocenters. The van der Waals surface area contributed by atoms with Gasteiger partial charge in [-0.25, -0.2) is 0 Å². The molecule has 0 unspecified atom stereocenters. The van der Waals surface area contributed by atoms with Crippen molar-refractivity contribution in [2.75, 3.05) is 19.6 Å². The van der Waals surface area contributed by atoms with Gasteiger partial charge >= 0.3 is 6.18 Å². The molecule has 128 valence electrons. The first-order valence-corrected chi connectivity index (χ1v) is 7.47. The van der Waals surface area contributed by atoms with E-state index in [1.807, 2.05) is 17.1 Å². The van der Waals surface area contributed by atoms with E-state index < -0.39 is 24.5 Å². The zero-order chi connectivity index (χ0) is 17.0. The van der Waals surface area contributed by atoms with Crippen molar-refractivity contribution < 1.29 is 23.1 Å². The third kappa shape index (κ3) is 5.38. The van der Waals surface area contributed by atoms with E-state index in [0.717, 1.165) is 18.7 Å². The second-order valence-corrected chi connectivity index (χ2v) is 5.83. The van der Waals surface area contributed by atoms with Crippen LogP contribution >= 0.6 is 0 Å². The molecule has 23 heavy (non-hydrogen) atoms. The lowest BCUT2D eigenvalue weighted by atomic mass is 9.97. The molecule has 0 bridgehead atoms. The highest BCUT2D eigenvalue weighted by atomic mass is 19.4. The van der Waals surface area contributed by atoms with Crippen molar-refractivity contribution in [2.24, 2.45) is 5.92 Å². The van der Waals surface area contributed by atoms with Crippen molar-refractivity contribution in [2.45, 2.75) is 32.5 Å². The minimum absolute atomic E-state index is 0.0826. The van der Waals surface area contributed by atoms with Gasteiger partial charge in [0.05, 0.1) is 11.6 Å². The van der Waals surface area contributed by atoms with E-state index in [-0.39, 0.29) is 5.75 Å². The van der Waals surface area contributed by atoms with Crippen molar-refractivity contribution >= 4 is 5.91 Å². The Morgan fingerprint density at radius 1 is 1.48 bits per heavy atom. The molecule has 1 saturated heterocycles. The number of carbonyl (C=O) groups excluding carboxylic acids is 1. The van der Waals surface area contributed by atoms with Crippen LogP contribution in [0.25, 0.3) is 0 Å². The van der Waals surface area contributed by atoms with Gasteiger partial charge in [0.1, 0.15) is 12.3 Å². The van der Waals surface area contributed by atoms with Crippen LogP contribution in [-0.4, -0.2) is 46.7 Å². The van der Waals surface area contributed by atoms with E-state index in [0.29, 0.717) is 25.2 Å². The smallest absolute Gasteiger partial charge is 0.405 e. The molecule has 1 aromatic rings. The fraction of sp³-hybridized carbons (Fsp3) is 0.600. The molecule has 5 nitrogen and oxygen atoms in total. The average Bonchev–Trinajstić information content (AvgIpc) is 2.48. The minimum atomic E-state index is -4.40. The van der Waals surface area contributed by atoms with Gasteiger partial charge in [-0.15, -0.1) is 0 Å². The van der Waals surface area contributed by atoms with Crippen LogP contribution in [0.1, 0.15) is 24.2 Å². The highest BCUT2D eigenvalue weighted by Crippen LogP contribution is 2.22. The fourth-order valence-corrected chi connectivity index (χ4v) is 2.68. The number of piperidine rings is 1. The first-order chi connectivity index (χ1) is 10.7. The lowest BCUT2D eigenvalue weighted by Crippen LogP contribution is -2.44. The van der Waals surface area contributed by atoms with Gasteiger partial charge in [-0.05, 0) is 38.4 Å². The van der Waals surface area contributed by atoms with E-state index in [1.54, 1.807) is 12.1 Å². The largest absolute Gasteiger partial charge is 0.506 e. The number of amides is 1. The maximum absolute atomic E-state index is 12.2. The van der Waals surface area contributed by atoms with Crippen molar-refractivity contribution in [3.8, 4) is 5.75 Å². The summed E-state index contributed by atoms with van der Waals surface area (Å²) in [5.74, 6) is -0.967. The number of aromatic nitrogens is 1. The summed E-state index contributed by atoms with van der Waals surface area (Å²) in [7, 11) is 0. The standard InChI is InChI=1S/C15H20F3N3O2/c1-10-4-5-13(22)12(20-10)8-21-6-2-3-11(7-21)14(23)19-9-15(16,17)18/h4-5,11,22H,2-3,6-9H2,1H3,(H,19,23)/t11-/m1/s1. The first-order valence-electron chi connectivity index (χ1n) is 7.47. The van der Waals surface area contributed by atoms with Crippen molar-refractivity contribution in [1.82, 2.24) is 15.2 Å². The molecular formula is C15H20F3N3O2. The van der Waals surface area contributed by atoms with Crippen molar-refractivity contribution in [3.05, 3.63) is 23.5 Å². The highest BCUT2D eigenvalue weighted by molar-refractivity contribution is 5.79. The van der Waals surface area contributed by atoms with Crippen LogP contribution in [0.5, 0.6) is 5.75 Å². The van der Waals surface area contributed by atoms with Gasteiger partial charge in [-0.2, -0.15) is 13.2 Å². The van der Waals surface area contributed by atoms with Gasteiger partial charge in [-0.3, -0.25) is 14.7 Å². The molecule has 0 aromatic carbocycles. The third-order valence-electron chi connectivity index (χ3n) is 3.80. The Labute approximate surface area is 132 Å². The molecule has 1 aliphatic heterocycles. The Balaban J connectivity index is 1.92. The number of nitrogens with zero attached hydrogens (tertiary/aromatic N) is 2. The molecule has 0 spiro atoms. The second kappa shape index (κ2) is 7.16. The number of halogens is 3. The van der Waals surface area contributed by atoms with Gasteiger partial charge in [0.2, 0.25) is 5.91 Å². The molecule has 1 amide bonds. The number of carbonyl (C=O) groups is 1. The minimum Gasteiger partial charge on any atom is -0.506 e. The summed E-state index contributed by atoms with van der Waals surface area (Å²) >= 11 is 0. The summed E-state index contributed by atoms with van der Waals surface area (Å²) < 4.78 is 36.5. The zero-order valence-electron chi connectivity index (χ0n) is 12.9. The normalized spacial score (nSPS) is 19.6. The number of aryl methyl sites for hydroxylation is 1. The van der Waals surface area contributed by atoms with Crippen LogP contribution < -0.4 is 5.32 Å². The highest BCUT2D eigenvalue weighted by Gasteiger charge is 2.31. The molecule has 0 saturated carbocycles. The fourth-order valence-electron chi connectivity index (χ4n) is 2.68. The molecule has 2 N–H and O–H groups in total. The van der Waals surface area contributed by atoms with E-state index in [9.17, 15) is 23.1 Å². The molecule has 0 aliphatic carbocycles. The SMILES string of the molecule is Cc1ccc(O)c(CN2CCC[C@@H](C(=O)NCC(F)(F)F)C2)n1. The third-order valence-corrected chi connectivity index (χ3v) is 3.80. The number of nitrogens with one attached hydrogen (secondary N) is 1. The van der Waals surface area contributed by atoms with E-state index in [1.165, 1.54) is 0 Å². The number of aromatic hydroxyl groups is 1.